The summed E-state index contributed by atoms with van der Waals surface area (Å²) in [7, 11) is 0. The number of hydrazone groups is 1. The molecule has 0 unspecified atom stereocenters. The zero-order chi connectivity index (χ0) is 18.5. The minimum Gasteiger partial charge on any atom is -0.267 e. The number of nitrogens with one attached hydrogen (secondary N) is 1. The minimum atomic E-state index is -0.428. The number of thiophene rings is 1. The molecule has 1 N–H and O–H groups in total. The zero-order valence-corrected chi connectivity index (χ0v) is 15.5. The molecular weight excluding hydrogens is 348 g/mol. The fourth-order valence-electron chi connectivity index (χ4n) is 2.59. The maximum atomic E-state index is 12.7. The van der Waals surface area contributed by atoms with Gasteiger partial charge in [0, 0.05) is 16.8 Å². The molecule has 3 rings (SSSR count). The molecule has 0 aliphatic rings. The van der Waals surface area contributed by atoms with Crippen molar-refractivity contribution in [2.24, 2.45) is 5.10 Å². The quantitative estimate of drug-likeness (QED) is 0.535. The second-order valence-electron chi connectivity index (χ2n) is 5.89. The molecule has 0 radical (unpaired) electrons. The number of benzene rings is 1. The van der Waals surface area contributed by atoms with Crippen molar-refractivity contribution >= 4 is 33.7 Å². The minimum absolute atomic E-state index is 0.177. The van der Waals surface area contributed by atoms with Gasteiger partial charge in [0.25, 0.3) is 11.5 Å². The first-order valence-electron chi connectivity index (χ1n) is 8.50. The van der Waals surface area contributed by atoms with Crippen LogP contribution in [0.2, 0.25) is 0 Å². The summed E-state index contributed by atoms with van der Waals surface area (Å²) in [4.78, 5) is 26.2. The molecule has 7 heteroatoms. The van der Waals surface area contributed by atoms with Crippen LogP contribution in [0.5, 0.6) is 0 Å². The Morgan fingerprint density at radius 3 is 2.69 bits per heavy atom. The van der Waals surface area contributed by atoms with Crippen molar-refractivity contribution in [1.82, 2.24) is 15.2 Å². The predicted octanol–water partition coefficient (Wildman–Crippen LogP) is 3.41. The van der Waals surface area contributed by atoms with Gasteiger partial charge in [-0.3, -0.25) is 9.59 Å². The van der Waals surface area contributed by atoms with Gasteiger partial charge in [-0.1, -0.05) is 37.6 Å². The summed E-state index contributed by atoms with van der Waals surface area (Å²) in [5.41, 5.74) is 3.31. The van der Waals surface area contributed by atoms with Gasteiger partial charge in [0.15, 0.2) is 5.69 Å². The molecule has 0 saturated heterocycles. The van der Waals surface area contributed by atoms with Crippen molar-refractivity contribution in [3.8, 4) is 0 Å². The van der Waals surface area contributed by atoms with E-state index in [1.807, 2.05) is 31.4 Å². The first kappa shape index (κ1) is 18.0. The number of fused-ring (bicyclic) bond motifs is 1. The fraction of sp³-hybridized carbons (Fsp3) is 0.263. The van der Waals surface area contributed by atoms with Crippen molar-refractivity contribution in [2.45, 2.75) is 33.2 Å². The highest BCUT2D eigenvalue weighted by Gasteiger charge is 2.16. The Morgan fingerprint density at radius 1 is 1.23 bits per heavy atom. The first-order chi connectivity index (χ1) is 12.6. The van der Waals surface area contributed by atoms with Gasteiger partial charge in [-0.2, -0.15) is 10.2 Å². The summed E-state index contributed by atoms with van der Waals surface area (Å²) < 4.78 is 1.37. The van der Waals surface area contributed by atoms with Crippen molar-refractivity contribution < 1.29 is 4.79 Å². The molecule has 1 amide bonds. The Morgan fingerprint density at radius 2 is 2.00 bits per heavy atom. The summed E-state index contributed by atoms with van der Waals surface area (Å²) in [6.07, 6.45) is 1.76. The van der Waals surface area contributed by atoms with Crippen LogP contribution in [-0.4, -0.2) is 21.4 Å². The molecule has 134 valence electrons. The van der Waals surface area contributed by atoms with E-state index in [-0.39, 0.29) is 11.3 Å². The third-order valence-electron chi connectivity index (χ3n) is 4.01. The van der Waals surface area contributed by atoms with Crippen LogP contribution in [-0.2, 0) is 6.54 Å². The van der Waals surface area contributed by atoms with Crippen LogP contribution in [0.25, 0.3) is 10.8 Å². The lowest BCUT2D eigenvalue weighted by atomic mass is 10.1. The average molecular weight is 368 g/mol. The predicted molar refractivity (Wildman–Crippen MR) is 105 cm³/mol. The molecule has 1 aromatic carbocycles. The van der Waals surface area contributed by atoms with Crippen LogP contribution in [0, 0.1) is 0 Å². The van der Waals surface area contributed by atoms with Crippen LogP contribution < -0.4 is 11.0 Å². The molecule has 0 bridgehead atoms. The summed E-state index contributed by atoms with van der Waals surface area (Å²) in [5, 5.41) is 11.4. The van der Waals surface area contributed by atoms with Gasteiger partial charge in [0.1, 0.15) is 0 Å². The maximum absolute atomic E-state index is 12.7. The molecule has 0 fully saturated rings. The van der Waals surface area contributed by atoms with E-state index in [9.17, 15) is 9.59 Å². The van der Waals surface area contributed by atoms with E-state index in [4.69, 9.17) is 0 Å². The van der Waals surface area contributed by atoms with Gasteiger partial charge < -0.3 is 0 Å². The number of hydrogen-bond acceptors (Lipinski definition) is 5. The van der Waals surface area contributed by atoms with E-state index in [1.54, 1.807) is 35.6 Å². The van der Waals surface area contributed by atoms with Gasteiger partial charge >= 0.3 is 0 Å². The Kier molecular flexibility index (Phi) is 5.58. The van der Waals surface area contributed by atoms with Crippen molar-refractivity contribution in [1.29, 1.82) is 0 Å². The molecule has 26 heavy (non-hydrogen) atoms. The highest BCUT2D eigenvalue weighted by molar-refractivity contribution is 7.12. The summed E-state index contributed by atoms with van der Waals surface area (Å²) in [5.74, 6) is -0.428. The lowest BCUT2D eigenvalue weighted by Gasteiger charge is -2.10. The van der Waals surface area contributed by atoms with E-state index in [0.29, 0.717) is 17.3 Å². The summed E-state index contributed by atoms with van der Waals surface area (Å²) in [6, 6.07) is 10.9. The van der Waals surface area contributed by atoms with Crippen LogP contribution in [0.4, 0.5) is 0 Å². The molecule has 0 spiro atoms. The largest absolute Gasteiger partial charge is 0.292 e. The third-order valence-corrected chi connectivity index (χ3v) is 4.99. The van der Waals surface area contributed by atoms with Crippen molar-refractivity contribution in [3.05, 3.63) is 62.7 Å². The van der Waals surface area contributed by atoms with Crippen LogP contribution in [0.15, 0.2) is 51.7 Å². The monoisotopic (exact) mass is 368 g/mol. The number of aryl methyl sites for hydroxylation is 1. The van der Waals surface area contributed by atoms with E-state index in [2.05, 4.69) is 15.6 Å². The Hall–Kier alpha value is -2.80. The average Bonchev–Trinajstić information content (AvgIpc) is 3.20. The number of carbonyl (C=O) groups excluding carboxylic acids is 1. The standard InChI is InChI=1S/C19H20N4O2S/c1-3-4-11-23-19(25)15-9-6-5-8-14(15)17(22-23)18(24)21-20-13(2)16-10-7-12-26-16/h5-10,12H,3-4,11H2,1-2H3,(H,21,24)/b20-13+. The first-order valence-corrected chi connectivity index (χ1v) is 9.38. The smallest absolute Gasteiger partial charge is 0.267 e. The van der Waals surface area contributed by atoms with Gasteiger partial charge in [-0.25, -0.2) is 10.1 Å². The van der Waals surface area contributed by atoms with Crippen LogP contribution >= 0.6 is 11.3 Å². The molecule has 3 aromatic rings. The third kappa shape index (κ3) is 3.72. The van der Waals surface area contributed by atoms with E-state index < -0.39 is 5.91 Å². The lowest BCUT2D eigenvalue weighted by molar-refractivity contribution is 0.0949. The number of carbonyl (C=O) groups is 1. The topological polar surface area (TPSA) is 76.3 Å². The summed E-state index contributed by atoms with van der Waals surface area (Å²) >= 11 is 1.55. The Balaban J connectivity index is 1.97. The van der Waals surface area contributed by atoms with Gasteiger partial charge in [0.05, 0.1) is 11.1 Å². The molecule has 0 saturated carbocycles. The van der Waals surface area contributed by atoms with Crippen molar-refractivity contribution in [2.75, 3.05) is 0 Å². The number of amides is 1. The molecule has 2 heterocycles. The van der Waals surface area contributed by atoms with Crippen molar-refractivity contribution in [3.63, 3.8) is 0 Å². The molecule has 2 aromatic heterocycles. The lowest BCUT2D eigenvalue weighted by Crippen LogP contribution is -2.29. The summed E-state index contributed by atoms with van der Waals surface area (Å²) in [6.45, 7) is 4.36. The van der Waals surface area contributed by atoms with E-state index in [0.717, 1.165) is 23.4 Å². The second kappa shape index (κ2) is 8.05. The SMILES string of the molecule is CCCCn1nc(C(=O)N/N=C(\C)c2cccs2)c2ccccc2c1=O. The number of unbranched alkanes of at least 4 members (excludes halogenated alkanes) is 1. The highest BCUT2D eigenvalue weighted by atomic mass is 32.1. The Bertz CT molecular complexity index is 1010. The van der Waals surface area contributed by atoms with Crippen LogP contribution in [0.3, 0.4) is 0 Å². The second-order valence-corrected chi connectivity index (χ2v) is 6.84. The number of nitrogens with zero attached hydrogens (tertiary/aromatic N) is 3. The molecule has 0 aliphatic heterocycles. The molecule has 6 nitrogen and oxygen atoms in total. The Labute approximate surface area is 155 Å². The normalized spacial score (nSPS) is 11.7. The molecule has 0 atom stereocenters. The number of hydrogen-bond donors (Lipinski definition) is 1. The van der Waals surface area contributed by atoms with Gasteiger partial charge in [-0.15, -0.1) is 11.3 Å². The maximum Gasteiger partial charge on any atom is 0.292 e. The fourth-order valence-corrected chi connectivity index (χ4v) is 3.27. The molecular formula is C19H20N4O2S. The molecule has 0 aliphatic carbocycles. The highest BCUT2D eigenvalue weighted by Crippen LogP contribution is 2.14. The van der Waals surface area contributed by atoms with E-state index in [1.165, 1.54) is 4.68 Å². The van der Waals surface area contributed by atoms with Gasteiger partial charge in [0.2, 0.25) is 0 Å². The zero-order valence-electron chi connectivity index (χ0n) is 14.7. The van der Waals surface area contributed by atoms with Crippen LogP contribution in [0.1, 0.15) is 42.1 Å². The number of rotatable bonds is 6. The van der Waals surface area contributed by atoms with Gasteiger partial charge in [-0.05, 0) is 30.9 Å². The number of aromatic nitrogens is 2. The van der Waals surface area contributed by atoms with E-state index >= 15 is 0 Å².